The fraction of sp³-hybridized carbons (Fsp3) is 0.0870. The highest BCUT2D eigenvalue weighted by atomic mass is 16.5. The van der Waals surface area contributed by atoms with Gasteiger partial charge in [-0.1, -0.05) is 53.7 Å². The Bertz CT molecular complexity index is 1110. The van der Waals surface area contributed by atoms with E-state index in [2.05, 4.69) is 15.5 Å². The van der Waals surface area contributed by atoms with E-state index in [1.54, 1.807) is 31.4 Å². The molecule has 1 amide bonds. The van der Waals surface area contributed by atoms with Crippen LogP contribution in [0.15, 0.2) is 83.4 Å². The Morgan fingerprint density at radius 1 is 0.966 bits per heavy atom. The van der Waals surface area contributed by atoms with Crippen molar-refractivity contribution in [3.05, 3.63) is 90.0 Å². The second-order valence-corrected chi connectivity index (χ2v) is 6.40. The Morgan fingerprint density at radius 2 is 1.76 bits per heavy atom. The van der Waals surface area contributed by atoms with Crippen molar-refractivity contribution in [1.29, 1.82) is 0 Å². The van der Waals surface area contributed by atoms with Crippen LogP contribution in [0.5, 0.6) is 5.75 Å². The summed E-state index contributed by atoms with van der Waals surface area (Å²) in [5.41, 5.74) is 3.16. The van der Waals surface area contributed by atoms with Crippen LogP contribution in [0.3, 0.4) is 0 Å². The third-order valence-corrected chi connectivity index (χ3v) is 4.44. The van der Waals surface area contributed by atoms with Gasteiger partial charge in [-0.15, -0.1) is 0 Å². The standard InChI is InChI=1S/C23H19N3O3/c1-28-20-9-5-8-19(14-20)23-25-21(26-29-23)17-10-12-18(13-11-17)22(27)24-15-16-6-3-2-4-7-16/h2-14H,15H2,1H3,(H,24,27). The highest BCUT2D eigenvalue weighted by Crippen LogP contribution is 2.25. The normalized spacial score (nSPS) is 10.5. The Kier molecular flexibility index (Phi) is 5.33. The number of methoxy groups -OCH3 is 1. The lowest BCUT2D eigenvalue weighted by Gasteiger charge is -2.05. The lowest BCUT2D eigenvalue weighted by atomic mass is 10.1. The summed E-state index contributed by atoms with van der Waals surface area (Å²) in [4.78, 5) is 16.8. The van der Waals surface area contributed by atoms with Crippen molar-refractivity contribution < 1.29 is 14.1 Å². The van der Waals surface area contributed by atoms with Crippen LogP contribution >= 0.6 is 0 Å². The molecule has 0 aliphatic heterocycles. The summed E-state index contributed by atoms with van der Waals surface area (Å²) >= 11 is 0. The van der Waals surface area contributed by atoms with Gasteiger partial charge in [0.15, 0.2) is 0 Å². The van der Waals surface area contributed by atoms with Crippen molar-refractivity contribution in [3.63, 3.8) is 0 Å². The molecule has 4 aromatic rings. The van der Waals surface area contributed by atoms with E-state index >= 15 is 0 Å². The van der Waals surface area contributed by atoms with Crippen LogP contribution in [-0.2, 0) is 6.54 Å². The molecule has 0 radical (unpaired) electrons. The number of aromatic nitrogens is 2. The molecule has 0 spiro atoms. The number of hydrogen-bond donors (Lipinski definition) is 1. The minimum atomic E-state index is -0.134. The molecule has 4 rings (SSSR count). The zero-order chi connectivity index (χ0) is 20.1. The molecule has 144 valence electrons. The molecular formula is C23H19N3O3. The first-order chi connectivity index (χ1) is 14.2. The number of amides is 1. The van der Waals surface area contributed by atoms with Gasteiger partial charge in [0.05, 0.1) is 7.11 Å². The van der Waals surface area contributed by atoms with Gasteiger partial charge in [0, 0.05) is 23.2 Å². The number of nitrogens with one attached hydrogen (secondary N) is 1. The van der Waals surface area contributed by atoms with Crippen LogP contribution in [0.1, 0.15) is 15.9 Å². The Labute approximate surface area is 168 Å². The molecule has 0 unspecified atom stereocenters. The summed E-state index contributed by atoms with van der Waals surface area (Å²) in [5, 5.41) is 6.95. The first-order valence-corrected chi connectivity index (χ1v) is 9.13. The van der Waals surface area contributed by atoms with Crippen LogP contribution in [-0.4, -0.2) is 23.2 Å². The molecule has 1 heterocycles. The van der Waals surface area contributed by atoms with Gasteiger partial charge in [-0.25, -0.2) is 0 Å². The molecule has 0 aliphatic carbocycles. The van der Waals surface area contributed by atoms with Crippen molar-refractivity contribution in [2.75, 3.05) is 7.11 Å². The molecule has 0 atom stereocenters. The number of benzene rings is 3. The van der Waals surface area contributed by atoms with Crippen LogP contribution in [0, 0.1) is 0 Å². The molecule has 3 aromatic carbocycles. The monoisotopic (exact) mass is 385 g/mol. The van der Waals surface area contributed by atoms with Gasteiger partial charge in [-0.05, 0) is 35.9 Å². The minimum Gasteiger partial charge on any atom is -0.497 e. The summed E-state index contributed by atoms with van der Waals surface area (Å²) in [5.74, 6) is 1.45. The van der Waals surface area contributed by atoms with Gasteiger partial charge in [0.25, 0.3) is 11.8 Å². The van der Waals surface area contributed by atoms with Gasteiger partial charge in [0.1, 0.15) is 5.75 Å². The third kappa shape index (κ3) is 4.32. The number of carbonyl (C=O) groups is 1. The van der Waals surface area contributed by atoms with E-state index in [9.17, 15) is 4.79 Å². The number of carbonyl (C=O) groups excluding carboxylic acids is 1. The SMILES string of the molecule is COc1cccc(-c2nc(-c3ccc(C(=O)NCc4ccccc4)cc3)no2)c1. The average molecular weight is 385 g/mol. The number of nitrogens with zero attached hydrogens (tertiary/aromatic N) is 2. The Balaban J connectivity index is 1.45. The number of rotatable bonds is 6. The molecule has 6 nitrogen and oxygen atoms in total. The predicted octanol–water partition coefficient (Wildman–Crippen LogP) is 4.34. The molecule has 0 aliphatic rings. The second-order valence-electron chi connectivity index (χ2n) is 6.40. The second kappa shape index (κ2) is 8.39. The van der Waals surface area contributed by atoms with Crippen LogP contribution in [0.2, 0.25) is 0 Å². The van der Waals surface area contributed by atoms with E-state index in [0.29, 0.717) is 29.6 Å². The molecule has 0 fully saturated rings. The zero-order valence-electron chi connectivity index (χ0n) is 15.8. The molecule has 1 N–H and O–H groups in total. The molecule has 0 saturated carbocycles. The first kappa shape index (κ1) is 18.4. The summed E-state index contributed by atoms with van der Waals surface area (Å²) in [6, 6.07) is 24.3. The van der Waals surface area contributed by atoms with E-state index in [1.807, 2.05) is 54.6 Å². The summed E-state index contributed by atoms with van der Waals surface area (Å²) in [6.45, 7) is 0.482. The molecule has 6 heteroatoms. The van der Waals surface area contributed by atoms with Crippen molar-refractivity contribution in [3.8, 4) is 28.6 Å². The van der Waals surface area contributed by atoms with Crippen LogP contribution < -0.4 is 10.1 Å². The number of ether oxygens (including phenoxy) is 1. The van der Waals surface area contributed by atoms with Crippen LogP contribution in [0.25, 0.3) is 22.8 Å². The van der Waals surface area contributed by atoms with Gasteiger partial charge in [-0.3, -0.25) is 4.79 Å². The summed E-state index contributed by atoms with van der Waals surface area (Å²) < 4.78 is 10.6. The van der Waals surface area contributed by atoms with Crippen molar-refractivity contribution in [1.82, 2.24) is 15.5 Å². The average Bonchev–Trinajstić information content (AvgIpc) is 3.29. The molecule has 1 aromatic heterocycles. The largest absolute Gasteiger partial charge is 0.497 e. The van der Waals surface area contributed by atoms with Crippen LogP contribution in [0.4, 0.5) is 0 Å². The third-order valence-electron chi connectivity index (χ3n) is 4.44. The minimum absolute atomic E-state index is 0.134. The molecular weight excluding hydrogens is 366 g/mol. The van der Waals surface area contributed by atoms with E-state index in [0.717, 1.165) is 16.7 Å². The van der Waals surface area contributed by atoms with Gasteiger partial charge >= 0.3 is 0 Å². The smallest absolute Gasteiger partial charge is 0.258 e. The summed E-state index contributed by atoms with van der Waals surface area (Å²) in [7, 11) is 1.61. The highest BCUT2D eigenvalue weighted by molar-refractivity contribution is 5.94. The highest BCUT2D eigenvalue weighted by Gasteiger charge is 2.12. The predicted molar refractivity (Wildman–Crippen MR) is 109 cm³/mol. The lowest BCUT2D eigenvalue weighted by Crippen LogP contribution is -2.22. The van der Waals surface area contributed by atoms with Gasteiger partial charge in [0.2, 0.25) is 5.82 Å². The Morgan fingerprint density at radius 3 is 2.52 bits per heavy atom. The van der Waals surface area contributed by atoms with Gasteiger partial charge < -0.3 is 14.6 Å². The maximum absolute atomic E-state index is 12.3. The van der Waals surface area contributed by atoms with E-state index in [4.69, 9.17) is 9.26 Å². The van der Waals surface area contributed by atoms with Crippen molar-refractivity contribution >= 4 is 5.91 Å². The lowest BCUT2D eigenvalue weighted by molar-refractivity contribution is 0.0951. The number of hydrogen-bond acceptors (Lipinski definition) is 5. The topological polar surface area (TPSA) is 77.2 Å². The quantitative estimate of drug-likeness (QED) is 0.534. The first-order valence-electron chi connectivity index (χ1n) is 9.13. The van der Waals surface area contributed by atoms with Crippen molar-refractivity contribution in [2.24, 2.45) is 0 Å². The summed E-state index contributed by atoms with van der Waals surface area (Å²) in [6.07, 6.45) is 0. The molecule has 0 saturated heterocycles. The Hall–Kier alpha value is -3.93. The fourth-order valence-electron chi connectivity index (χ4n) is 2.87. The molecule has 29 heavy (non-hydrogen) atoms. The van der Waals surface area contributed by atoms with E-state index in [-0.39, 0.29) is 5.91 Å². The van der Waals surface area contributed by atoms with Gasteiger partial charge in [-0.2, -0.15) is 4.98 Å². The van der Waals surface area contributed by atoms with E-state index < -0.39 is 0 Å². The van der Waals surface area contributed by atoms with Crippen molar-refractivity contribution in [2.45, 2.75) is 6.54 Å². The van der Waals surface area contributed by atoms with E-state index in [1.165, 1.54) is 0 Å². The maximum atomic E-state index is 12.3. The maximum Gasteiger partial charge on any atom is 0.258 e. The zero-order valence-corrected chi connectivity index (χ0v) is 15.8. The molecule has 0 bridgehead atoms. The fourth-order valence-corrected chi connectivity index (χ4v) is 2.87.